The molecule has 0 aromatic heterocycles. The van der Waals surface area contributed by atoms with Gasteiger partial charge in [0.25, 0.3) is 0 Å². The smallest absolute Gasteiger partial charge is 0.317 e. The lowest BCUT2D eigenvalue weighted by Gasteiger charge is -2.17. The lowest BCUT2D eigenvalue weighted by molar-refractivity contribution is -0.137. The molecule has 5 nitrogen and oxygen atoms in total. The molecule has 0 radical (unpaired) electrons. The van der Waals surface area contributed by atoms with Gasteiger partial charge in [0, 0.05) is 25.7 Å². The van der Waals surface area contributed by atoms with Gasteiger partial charge in [-0.05, 0) is 30.4 Å². The molecule has 1 aromatic carbocycles. The summed E-state index contributed by atoms with van der Waals surface area (Å²) in [4.78, 5) is 23.4. The van der Waals surface area contributed by atoms with E-state index in [0.29, 0.717) is 11.5 Å². The summed E-state index contributed by atoms with van der Waals surface area (Å²) < 4.78 is 13.9. The van der Waals surface area contributed by atoms with Crippen molar-refractivity contribution in [1.29, 1.82) is 0 Å². The van der Waals surface area contributed by atoms with Crippen molar-refractivity contribution < 1.29 is 19.1 Å². The first-order valence-electron chi connectivity index (χ1n) is 6.96. The van der Waals surface area contributed by atoms with Crippen LogP contribution >= 0.6 is 0 Å². The molecule has 6 heteroatoms. The molecular weight excluding hydrogens is 275 g/mol. The Morgan fingerprint density at radius 1 is 1.43 bits per heavy atom. The summed E-state index contributed by atoms with van der Waals surface area (Å²) in [6.45, 7) is 0.206. The molecule has 21 heavy (non-hydrogen) atoms. The first-order valence-corrected chi connectivity index (χ1v) is 6.96. The van der Waals surface area contributed by atoms with Crippen LogP contribution in [0.15, 0.2) is 18.2 Å². The van der Waals surface area contributed by atoms with E-state index in [1.54, 1.807) is 6.07 Å². The Labute approximate surface area is 122 Å². The molecular formula is C15H19FN2O3. The maximum atomic E-state index is 13.9. The minimum atomic E-state index is -0.962. The fourth-order valence-corrected chi connectivity index (χ4v) is 2.05. The largest absolute Gasteiger partial charge is 0.481 e. The molecule has 2 N–H and O–H groups in total. The van der Waals surface area contributed by atoms with E-state index in [1.807, 2.05) is 6.07 Å². The fourth-order valence-electron chi connectivity index (χ4n) is 2.05. The van der Waals surface area contributed by atoms with E-state index in [1.165, 1.54) is 18.0 Å². The number of halogens is 1. The number of nitrogens with zero attached hydrogens (tertiary/aromatic N) is 1. The van der Waals surface area contributed by atoms with Crippen molar-refractivity contribution >= 4 is 12.0 Å². The number of urea groups is 1. The highest BCUT2D eigenvalue weighted by atomic mass is 19.1. The number of carboxylic acids is 1. The van der Waals surface area contributed by atoms with E-state index >= 15 is 0 Å². The first kappa shape index (κ1) is 15.3. The van der Waals surface area contributed by atoms with Gasteiger partial charge in [-0.1, -0.05) is 12.1 Å². The zero-order valence-corrected chi connectivity index (χ0v) is 11.9. The average Bonchev–Trinajstić information content (AvgIpc) is 3.27. The zero-order valence-electron chi connectivity index (χ0n) is 11.9. The number of carbonyl (C=O) groups excluding carboxylic acids is 1. The number of hydrogen-bond donors (Lipinski definition) is 2. The van der Waals surface area contributed by atoms with Crippen LogP contribution in [-0.4, -0.2) is 35.6 Å². The quantitative estimate of drug-likeness (QED) is 0.846. The molecule has 0 atom stereocenters. The number of rotatable bonds is 6. The molecule has 0 heterocycles. The second-order valence-electron chi connectivity index (χ2n) is 5.35. The molecule has 114 valence electrons. The normalized spacial score (nSPS) is 13.8. The lowest BCUT2D eigenvalue weighted by Crippen LogP contribution is -2.38. The van der Waals surface area contributed by atoms with Crippen LogP contribution in [0.3, 0.4) is 0 Å². The van der Waals surface area contributed by atoms with Gasteiger partial charge >= 0.3 is 12.0 Å². The maximum absolute atomic E-state index is 13.9. The minimum absolute atomic E-state index is 0.0903. The van der Waals surface area contributed by atoms with Crippen molar-refractivity contribution in [2.45, 2.75) is 31.7 Å². The summed E-state index contributed by atoms with van der Waals surface area (Å²) in [7, 11) is 1.50. The van der Waals surface area contributed by atoms with Crippen molar-refractivity contribution in [1.82, 2.24) is 10.2 Å². The minimum Gasteiger partial charge on any atom is -0.481 e. The van der Waals surface area contributed by atoms with Gasteiger partial charge in [0.2, 0.25) is 0 Å². The summed E-state index contributed by atoms with van der Waals surface area (Å²) >= 11 is 0. The number of hydrogen-bond acceptors (Lipinski definition) is 2. The van der Waals surface area contributed by atoms with Gasteiger partial charge in [-0.25, -0.2) is 9.18 Å². The fraction of sp³-hybridized carbons (Fsp3) is 0.467. The van der Waals surface area contributed by atoms with Crippen LogP contribution in [0.2, 0.25) is 0 Å². The van der Waals surface area contributed by atoms with Crippen LogP contribution in [0.4, 0.5) is 9.18 Å². The highest BCUT2D eigenvalue weighted by Crippen LogP contribution is 2.40. The Hall–Kier alpha value is -2.11. The van der Waals surface area contributed by atoms with Crippen molar-refractivity contribution in [2.24, 2.45) is 0 Å². The van der Waals surface area contributed by atoms with Gasteiger partial charge in [0.1, 0.15) is 5.82 Å². The van der Waals surface area contributed by atoms with Gasteiger partial charge in [-0.2, -0.15) is 0 Å². The molecule has 2 rings (SSSR count). The standard InChI is InChI=1S/C15H19FN2O3/c1-18(7-6-14(19)20)15(21)17-9-12-5-4-11(8-13(12)16)10-2-3-10/h4-5,8,10H,2-3,6-7,9H2,1H3,(H,17,21)(H,19,20). The second-order valence-corrected chi connectivity index (χ2v) is 5.35. The van der Waals surface area contributed by atoms with E-state index in [9.17, 15) is 14.0 Å². The molecule has 0 saturated heterocycles. The van der Waals surface area contributed by atoms with E-state index in [0.717, 1.165) is 18.4 Å². The molecule has 0 bridgehead atoms. The van der Waals surface area contributed by atoms with Crippen LogP contribution < -0.4 is 5.32 Å². The van der Waals surface area contributed by atoms with Crippen LogP contribution in [0, 0.1) is 5.82 Å². The number of aliphatic carboxylic acids is 1. The third-order valence-corrected chi connectivity index (χ3v) is 3.56. The van der Waals surface area contributed by atoms with E-state index in [4.69, 9.17) is 5.11 Å². The highest BCUT2D eigenvalue weighted by Gasteiger charge is 2.24. The predicted molar refractivity (Wildman–Crippen MR) is 75.5 cm³/mol. The summed E-state index contributed by atoms with van der Waals surface area (Å²) in [5.74, 6) is -0.783. The van der Waals surface area contributed by atoms with Crippen LogP contribution in [0.5, 0.6) is 0 Å². The summed E-state index contributed by atoms with van der Waals surface area (Å²) in [5, 5.41) is 11.1. The Morgan fingerprint density at radius 2 is 2.14 bits per heavy atom. The molecule has 1 saturated carbocycles. The van der Waals surface area contributed by atoms with Crippen LogP contribution in [0.25, 0.3) is 0 Å². The van der Waals surface area contributed by atoms with Gasteiger partial charge in [-0.3, -0.25) is 4.79 Å². The topological polar surface area (TPSA) is 69.6 Å². The molecule has 1 aliphatic carbocycles. The molecule has 0 spiro atoms. The average molecular weight is 294 g/mol. The number of amides is 2. The molecule has 1 fully saturated rings. The Kier molecular flexibility index (Phi) is 4.77. The van der Waals surface area contributed by atoms with Crippen molar-refractivity contribution in [3.8, 4) is 0 Å². The first-order chi connectivity index (χ1) is 9.97. The van der Waals surface area contributed by atoms with Crippen molar-refractivity contribution in [3.63, 3.8) is 0 Å². The summed E-state index contributed by atoms with van der Waals surface area (Å²) in [6, 6.07) is 4.71. The molecule has 1 aliphatic rings. The third kappa shape index (κ3) is 4.44. The van der Waals surface area contributed by atoms with E-state index < -0.39 is 12.0 Å². The maximum Gasteiger partial charge on any atom is 0.317 e. The highest BCUT2D eigenvalue weighted by molar-refractivity contribution is 5.75. The predicted octanol–water partition coefficient (Wildman–Crippen LogP) is 2.32. The van der Waals surface area contributed by atoms with Gasteiger partial charge in [-0.15, -0.1) is 0 Å². The van der Waals surface area contributed by atoms with Gasteiger partial charge in [0.15, 0.2) is 0 Å². The lowest BCUT2D eigenvalue weighted by atomic mass is 10.1. The molecule has 0 aliphatic heterocycles. The Morgan fingerprint density at radius 3 is 2.71 bits per heavy atom. The van der Waals surface area contributed by atoms with Crippen LogP contribution in [0.1, 0.15) is 36.3 Å². The summed E-state index contributed by atoms with van der Waals surface area (Å²) in [6.07, 6.45) is 2.11. The van der Waals surface area contributed by atoms with Crippen LogP contribution in [-0.2, 0) is 11.3 Å². The SMILES string of the molecule is CN(CCC(=O)O)C(=O)NCc1ccc(C2CC2)cc1F. The van der Waals surface area contributed by atoms with E-state index in [-0.39, 0.29) is 25.3 Å². The third-order valence-electron chi connectivity index (χ3n) is 3.56. The Balaban J connectivity index is 1.84. The number of carbonyl (C=O) groups is 2. The van der Waals surface area contributed by atoms with E-state index in [2.05, 4.69) is 5.32 Å². The van der Waals surface area contributed by atoms with Crippen molar-refractivity contribution in [3.05, 3.63) is 35.1 Å². The number of nitrogens with one attached hydrogen (secondary N) is 1. The monoisotopic (exact) mass is 294 g/mol. The molecule has 2 amide bonds. The number of carboxylic acid groups (broad SMARTS) is 1. The second kappa shape index (κ2) is 6.56. The van der Waals surface area contributed by atoms with Gasteiger partial charge in [0.05, 0.1) is 6.42 Å². The van der Waals surface area contributed by atoms with Gasteiger partial charge < -0.3 is 15.3 Å². The number of benzene rings is 1. The summed E-state index contributed by atoms with van der Waals surface area (Å²) in [5.41, 5.74) is 1.44. The van der Waals surface area contributed by atoms with Crippen molar-refractivity contribution in [2.75, 3.05) is 13.6 Å². The Bertz CT molecular complexity index is 544. The molecule has 0 unspecified atom stereocenters. The molecule has 1 aromatic rings. The zero-order chi connectivity index (χ0) is 15.4.